The van der Waals surface area contributed by atoms with E-state index < -0.39 is 0 Å². The number of rotatable bonds is 6. The van der Waals surface area contributed by atoms with E-state index in [0.29, 0.717) is 6.04 Å². The molecule has 0 unspecified atom stereocenters. The maximum atomic E-state index is 5.33. The average molecular weight is 243 g/mol. The van der Waals surface area contributed by atoms with Gasteiger partial charge >= 0.3 is 0 Å². The molecule has 1 aromatic heterocycles. The molecule has 2 nitrogen and oxygen atoms in total. The Kier molecular flexibility index (Phi) is 4.59. The summed E-state index contributed by atoms with van der Waals surface area (Å²) in [5.74, 6) is 1.07. The molecule has 2 heteroatoms. The number of hydrogen-bond acceptors (Lipinski definition) is 2. The van der Waals surface area contributed by atoms with E-state index in [2.05, 4.69) is 43.4 Å². The van der Waals surface area contributed by atoms with Crippen LogP contribution in [-0.2, 0) is 13.0 Å². The Morgan fingerprint density at radius 1 is 1.22 bits per heavy atom. The lowest BCUT2D eigenvalue weighted by Gasteiger charge is -2.13. The molecule has 0 saturated carbocycles. The third-order valence-electron chi connectivity index (χ3n) is 3.14. The van der Waals surface area contributed by atoms with Crippen LogP contribution in [0.4, 0.5) is 0 Å². The molecule has 1 aromatic carbocycles. The number of benzene rings is 1. The summed E-state index contributed by atoms with van der Waals surface area (Å²) >= 11 is 0. The van der Waals surface area contributed by atoms with Crippen LogP contribution in [0.5, 0.6) is 0 Å². The molecule has 0 aliphatic carbocycles. The van der Waals surface area contributed by atoms with Crippen molar-refractivity contribution in [3.05, 3.63) is 59.5 Å². The SMILES string of the molecule is Cc1cccc(CN[C@@H](C)CCc2ccco2)c1. The minimum absolute atomic E-state index is 0.496. The van der Waals surface area contributed by atoms with Gasteiger partial charge in [0, 0.05) is 19.0 Å². The molecular weight excluding hydrogens is 222 g/mol. The lowest BCUT2D eigenvalue weighted by Crippen LogP contribution is -2.25. The lowest BCUT2D eigenvalue weighted by atomic mass is 10.1. The van der Waals surface area contributed by atoms with Gasteiger partial charge in [-0.2, -0.15) is 0 Å². The van der Waals surface area contributed by atoms with Gasteiger partial charge in [0.1, 0.15) is 5.76 Å². The van der Waals surface area contributed by atoms with E-state index >= 15 is 0 Å². The Bertz CT molecular complexity index is 462. The molecule has 1 atom stereocenters. The van der Waals surface area contributed by atoms with Gasteiger partial charge in [0.2, 0.25) is 0 Å². The van der Waals surface area contributed by atoms with Gasteiger partial charge in [-0.25, -0.2) is 0 Å². The molecule has 0 spiro atoms. The highest BCUT2D eigenvalue weighted by atomic mass is 16.3. The third kappa shape index (κ3) is 4.04. The van der Waals surface area contributed by atoms with Crippen LogP contribution in [0.25, 0.3) is 0 Å². The Morgan fingerprint density at radius 2 is 2.11 bits per heavy atom. The van der Waals surface area contributed by atoms with Gasteiger partial charge in [0.05, 0.1) is 6.26 Å². The molecule has 0 radical (unpaired) electrons. The summed E-state index contributed by atoms with van der Waals surface area (Å²) in [4.78, 5) is 0. The summed E-state index contributed by atoms with van der Waals surface area (Å²) in [7, 11) is 0. The van der Waals surface area contributed by atoms with Crippen LogP contribution in [0, 0.1) is 6.92 Å². The van der Waals surface area contributed by atoms with Gasteiger partial charge in [0.25, 0.3) is 0 Å². The predicted molar refractivity (Wildman–Crippen MR) is 74.5 cm³/mol. The molecule has 2 aromatic rings. The number of aryl methyl sites for hydroxylation is 2. The minimum Gasteiger partial charge on any atom is -0.469 e. The molecule has 18 heavy (non-hydrogen) atoms. The fraction of sp³-hybridized carbons (Fsp3) is 0.375. The van der Waals surface area contributed by atoms with Crippen molar-refractivity contribution in [2.45, 2.75) is 39.3 Å². The van der Waals surface area contributed by atoms with Gasteiger partial charge in [-0.1, -0.05) is 29.8 Å². The molecule has 1 N–H and O–H groups in total. The second-order valence-electron chi connectivity index (χ2n) is 4.89. The lowest BCUT2D eigenvalue weighted by molar-refractivity contribution is 0.460. The minimum atomic E-state index is 0.496. The Morgan fingerprint density at radius 3 is 2.83 bits per heavy atom. The molecule has 0 amide bonds. The van der Waals surface area contributed by atoms with E-state index in [0.717, 1.165) is 25.1 Å². The van der Waals surface area contributed by atoms with Gasteiger partial charge in [-0.3, -0.25) is 0 Å². The van der Waals surface area contributed by atoms with Crippen LogP contribution in [0.1, 0.15) is 30.2 Å². The monoisotopic (exact) mass is 243 g/mol. The fourth-order valence-electron chi connectivity index (χ4n) is 2.03. The first kappa shape index (κ1) is 12.9. The highest BCUT2D eigenvalue weighted by molar-refractivity contribution is 5.22. The standard InChI is InChI=1S/C16H21NO/c1-13-5-3-6-15(11-13)12-17-14(2)8-9-16-7-4-10-18-16/h3-7,10-11,14,17H,8-9,12H2,1-2H3/t14-/m0/s1. The summed E-state index contributed by atoms with van der Waals surface area (Å²) in [6.07, 6.45) is 3.83. The molecule has 0 bridgehead atoms. The summed E-state index contributed by atoms with van der Waals surface area (Å²) in [5, 5.41) is 3.55. The summed E-state index contributed by atoms with van der Waals surface area (Å²) in [5.41, 5.74) is 2.66. The quantitative estimate of drug-likeness (QED) is 0.837. The first-order valence-corrected chi connectivity index (χ1v) is 6.55. The highest BCUT2D eigenvalue weighted by Gasteiger charge is 2.03. The predicted octanol–water partition coefficient (Wildman–Crippen LogP) is 3.70. The average Bonchev–Trinajstić information content (AvgIpc) is 2.87. The smallest absolute Gasteiger partial charge is 0.103 e. The molecule has 96 valence electrons. The first-order valence-electron chi connectivity index (χ1n) is 6.55. The van der Waals surface area contributed by atoms with Crippen LogP contribution in [0.3, 0.4) is 0 Å². The van der Waals surface area contributed by atoms with Crippen molar-refractivity contribution in [1.82, 2.24) is 5.32 Å². The third-order valence-corrected chi connectivity index (χ3v) is 3.14. The van der Waals surface area contributed by atoms with E-state index in [4.69, 9.17) is 4.42 Å². The topological polar surface area (TPSA) is 25.2 Å². The highest BCUT2D eigenvalue weighted by Crippen LogP contribution is 2.07. The second kappa shape index (κ2) is 6.41. The second-order valence-corrected chi connectivity index (χ2v) is 4.89. The zero-order valence-electron chi connectivity index (χ0n) is 11.1. The van der Waals surface area contributed by atoms with E-state index in [1.165, 1.54) is 11.1 Å². The first-order chi connectivity index (χ1) is 8.74. The van der Waals surface area contributed by atoms with Crippen LogP contribution in [-0.4, -0.2) is 6.04 Å². The van der Waals surface area contributed by atoms with Gasteiger partial charge in [0.15, 0.2) is 0 Å². The van der Waals surface area contributed by atoms with Gasteiger partial charge < -0.3 is 9.73 Å². The molecule has 2 rings (SSSR count). The van der Waals surface area contributed by atoms with Crippen LogP contribution in [0.2, 0.25) is 0 Å². The number of furan rings is 1. The van der Waals surface area contributed by atoms with Gasteiger partial charge in [-0.05, 0) is 38.0 Å². The van der Waals surface area contributed by atoms with Crippen LogP contribution < -0.4 is 5.32 Å². The summed E-state index contributed by atoms with van der Waals surface area (Å²) in [6, 6.07) is 13.1. The molecular formula is C16H21NO. The van der Waals surface area contributed by atoms with E-state index in [-0.39, 0.29) is 0 Å². The van der Waals surface area contributed by atoms with E-state index in [1.54, 1.807) is 6.26 Å². The molecule has 0 fully saturated rings. The fourth-order valence-corrected chi connectivity index (χ4v) is 2.03. The van der Waals surface area contributed by atoms with Crippen molar-refractivity contribution < 1.29 is 4.42 Å². The van der Waals surface area contributed by atoms with Crippen molar-refractivity contribution in [2.24, 2.45) is 0 Å². The zero-order chi connectivity index (χ0) is 12.8. The van der Waals surface area contributed by atoms with Crippen molar-refractivity contribution in [2.75, 3.05) is 0 Å². The van der Waals surface area contributed by atoms with E-state index in [9.17, 15) is 0 Å². The van der Waals surface area contributed by atoms with Crippen LogP contribution >= 0.6 is 0 Å². The van der Waals surface area contributed by atoms with Crippen molar-refractivity contribution in [3.63, 3.8) is 0 Å². The molecule has 0 aliphatic rings. The summed E-state index contributed by atoms with van der Waals surface area (Å²) in [6.45, 7) is 5.28. The summed E-state index contributed by atoms with van der Waals surface area (Å²) < 4.78 is 5.33. The van der Waals surface area contributed by atoms with E-state index in [1.807, 2.05) is 12.1 Å². The maximum absolute atomic E-state index is 5.33. The largest absolute Gasteiger partial charge is 0.469 e. The normalized spacial score (nSPS) is 12.6. The zero-order valence-corrected chi connectivity index (χ0v) is 11.1. The molecule has 0 saturated heterocycles. The number of hydrogen-bond donors (Lipinski definition) is 1. The Balaban J connectivity index is 1.73. The molecule has 1 heterocycles. The van der Waals surface area contributed by atoms with Crippen molar-refractivity contribution >= 4 is 0 Å². The maximum Gasteiger partial charge on any atom is 0.103 e. The van der Waals surface area contributed by atoms with Crippen molar-refractivity contribution in [3.8, 4) is 0 Å². The van der Waals surface area contributed by atoms with Crippen molar-refractivity contribution in [1.29, 1.82) is 0 Å². The number of nitrogens with one attached hydrogen (secondary N) is 1. The van der Waals surface area contributed by atoms with Gasteiger partial charge in [-0.15, -0.1) is 0 Å². The molecule has 0 aliphatic heterocycles. The Hall–Kier alpha value is -1.54. The Labute approximate surface area is 109 Å². The van der Waals surface area contributed by atoms with Crippen LogP contribution in [0.15, 0.2) is 47.1 Å².